The van der Waals surface area contributed by atoms with Crippen molar-refractivity contribution in [3.8, 4) is 0 Å². The maximum Gasteiger partial charge on any atom is 0.338 e. The second-order valence-corrected chi connectivity index (χ2v) is 5.51. The molecule has 0 aromatic heterocycles. The molecule has 20 heavy (non-hydrogen) atoms. The van der Waals surface area contributed by atoms with Crippen LogP contribution < -0.4 is 5.14 Å². The van der Waals surface area contributed by atoms with Crippen molar-refractivity contribution in [3.63, 3.8) is 0 Å². The van der Waals surface area contributed by atoms with Crippen LogP contribution in [0.1, 0.15) is 22.8 Å². The van der Waals surface area contributed by atoms with Gasteiger partial charge in [0.2, 0.25) is 10.0 Å². The van der Waals surface area contributed by atoms with Crippen molar-refractivity contribution in [1.29, 1.82) is 0 Å². The van der Waals surface area contributed by atoms with E-state index in [0.29, 0.717) is 6.61 Å². The fourth-order valence-electron chi connectivity index (χ4n) is 1.48. The van der Waals surface area contributed by atoms with Gasteiger partial charge in [0.05, 0.1) is 12.2 Å². The van der Waals surface area contributed by atoms with Crippen LogP contribution in [-0.2, 0) is 19.5 Å². The summed E-state index contributed by atoms with van der Waals surface area (Å²) in [6, 6.07) is 2.06. The second-order valence-electron chi connectivity index (χ2n) is 3.98. The van der Waals surface area contributed by atoms with Crippen LogP contribution in [0.5, 0.6) is 0 Å². The quantitative estimate of drug-likeness (QED) is 0.624. The van der Waals surface area contributed by atoms with Crippen LogP contribution in [0.4, 0.5) is 4.39 Å². The van der Waals surface area contributed by atoms with E-state index in [4.69, 9.17) is 14.6 Å². The monoisotopic (exact) mass is 305 g/mol. The fraction of sp³-hybridized carbons (Fsp3) is 0.417. The summed E-state index contributed by atoms with van der Waals surface area (Å²) in [5.74, 6) is -1.74. The summed E-state index contributed by atoms with van der Waals surface area (Å²) in [6.45, 7) is 3.87. The molecule has 112 valence electrons. The average molecular weight is 305 g/mol. The third kappa shape index (κ3) is 4.26. The molecule has 0 spiro atoms. The predicted octanol–water partition coefficient (Wildman–Crippen LogP) is 0.975. The highest BCUT2D eigenvalue weighted by Crippen LogP contribution is 2.19. The Morgan fingerprint density at radius 3 is 2.55 bits per heavy atom. The number of rotatable bonds is 6. The molecule has 1 rings (SSSR count). The summed E-state index contributed by atoms with van der Waals surface area (Å²) in [5.41, 5.74) is -0.0855. The Kier molecular flexibility index (Phi) is 5.61. The minimum absolute atomic E-state index is 0.00622. The number of ether oxygens (including phenoxy) is 2. The van der Waals surface area contributed by atoms with Gasteiger partial charge in [-0.05, 0) is 31.5 Å². The van der Waals surface area contributed by atoms with Gasteiger partial charge < -0.3 is 9.47 Å². The van der Waals surface area contributed by atoms with Crippen LogP contribution in [0.2, 0.25) is 0 Å². The summed E-state index contributed by atoms with van der Waals surface area (Å²) in [4.78, 5) is 11.0. The van der Waals surface area contributed by atoms with Gasteiger partial charge in [0.1, 0.15) is 17.3 Å². The predicted molar refractivity (Wildman–Crippen MR) is 69.3 cm³/mol. The number of halogens is 1. The Morgan fingerprint density at radius 2 is 2.00 bits per heavy atom. The van der Waals surface area contributed by atoms with Crippen molar-refractivity contribution in [1.82, 2.24) is 0 Å². The lowest BCUT2D eigenvalue weighted by Gasteiger charge is -2.08. The van der Waals surface area contributed by atoms with E-state index >= 15 is 0 Å². The minimum Gasteiger partial charge on any atom is -0.460 e. The lowest BCUT2D eigenvalue weighted by molar-refractivity contribution is 0.0335. The smallest absolute Gasteiger partial charge is 0.338 e. The molecular formula is C12H16FNO5S. The van der Waals surface area contributed by atoms with Crippen molar-refractivity contribution in [2.75, 3.05) is 19.8 Å². The zero-order valence-electron chi connectivity index (χ0n) is 11.2. The molecule has 1 aromatic rings. The molecule has 0 bridgehead atoms. The van der Waals surface area contributed by atoms with E-state index in [0.717, 1.165) is 6.07 Å². The number of hydrogen-bond donors (Lipinski definition) is 1. The van der Waals surface area contributed by atoms with Crippen molar-refractivity contribution in [2.24, 2.45) is 5.14 Å². The number of carbonyl (C=O) groups is 1. The van der Waals surface area contributed by atoms with E-state index in [1.807, 2.05) is 0 Å². The van der Waals surface area contributed by atoms with Gasteiger partial charge in [0, 0.05) is 6.61 Å². The zero-order chi connectivity index (χ0) is 15.3. The van der Waals surface area contributed by atoms with Gasteiger partial charge in [-0.25, -0.2) is 22.7 Å². The number of esters is 1. The number of nitrogens with two attached hydrogens (primary N) is 1. The van der Waals surface area contributed by atoms with E-state index in [9.17, 15) is 17.6 Å². The fourth-order valence-corrected chi connectivity index (χ4v) is 2.19. The molecule has 0 saturated carbocycles. The number of aryl methyl sites for hydroxylation is 1. The van der Waals surface area contributed by atoms with Crippen LogP contribution in [0.15, 0.2) is 17.0 Å². The minimum atomic E-state index is -4.25. The van der Waals surface area contributed by atoms with Crippen LogP contribution in [0.3, 0.4) is 0 Å². The first-order valence-electron chi connectivity index (χ1n) is 5.85. The molecule has 0 aliphatic rings. The van der Waals surface area contributed by atoms with E-state index in [2.05, 4.69) is 0 Å². The molecular weight excluding hydrogens is 289 g/mol. The van der Waals surface area contributed by atoms with Gasteiger partial charge in [0.25, 0.3) is 0 Å². The van der Waals surface area contributed by atoms with E-state index in [1.165, 1.54) is 13.0 Å². The topological polar surface area (TPSA) is 95.7 Å². The maximum absolute atomic E-state index is 13.7. The van der Waals surface area contributed by atoms with Gasteiger partial charge in [-0.1, -0.05) is 0 Å². The maximum atomic E-state index is 13.7. The van der Waals surface area contributed by atoms with Crippen molar-refractivity contribution in [2.45, 2.75) is 18.7 Å². The van der Waals surface area contributed by atoms with Crippen molar-refractivity contribution >= 4 is 16.0 Å². The van der Waals surface area contributed by atoms with Gasteiger partial charge in [-0.2, -0.15) is 0 Å². The highest BCUT2D eigenvalue weighted by atomic mass is 32.2. The molecule has 0 heterocycles. The van der Waals surface area contributed by atoms with Crippen molar-refractivity contribution < 1.29 is 27.1 Å². The first-order chi connectivity index (χ1) is 9.27. The van der Waals surface area contributed by atoms with E-state index in [1.54, 1.807) is 6.92 Å². The first-order valence-corrected chi connectivity index (χ1v) is 7.39. The molecule has 0 aliphatic carbocycles. The third-order valence-electron chi connectivity index (χ3n) is 2.43. The highest BCUT2D eigenvalue weighted by Gasteiger charge is 2.20. The van der Waals surface area contributed by atoms with Crippen LogP contribution in [0.25, 0.3) is 0 Å². The van der Waals surface area contributed by atoms with Crippen LogP contribution >= 0.6 is 0 Å². The molecule has 6 nitrogen and oxygen atoms in total. The van der Waals surface area contributed by atoms with Crippen LogP contribution in [0, 0.1) is 12.7 Å². The molecule has 0 fully saturated rings. The average Bonchev–Trinajstić information content (AvgIpc) is 2.36. The number of primary sulfonamides is 1. The standard InChI is InChI=1S/C12H16FNO5S/c1-3-18-4-5-19-12(15)9-6-8(2)11(13)10(7-9)20(14,16)17/h6-7H,3-5H2,1-2H3,(H2,14,16,17). The number of sulfonamides is 1. The molecule has 0 atom stereocenters. The molecule has 1 aromatic carbocycles. The summed E-state index contributed by atoms with van der Waals surface area (Å²) in [6.07, 6.45) is 0. The van der Waals surface area contributed by atoms with Crippen molar-refractivity contribution in [3.05, 3.63) is 29.1 Å². The largest absolute Gasteiger partial charge is 0.460 e. The van der Waals surface area contributed by atoms with Crippen LogP contribution in [-0.4, -0.2) is 34.2 Å². The second kappa shape index (κ2) is 6.78. The van der Waals surface area contributed by atoms with Gasteiger partial charge in [0.15, 0.2) is 0 Å². The van der Waals surface area contributed by atoms with E-state index < -0.39 is 26.7 Å². The van der Waals surface area contributed by atoms with Gasteiger partial charge in [-0.15, -0.1) is 0 Å². The SMILES string of the molecule is CCOCCOC(=O)c1cc(C)c(F)c(S(N)(=O)=O)c1. The molecule has 0 amide bonds. The number of hydrogen-bond acceptors (Lipinski definition) is 5. The first kappa shape index (κ1) is 16.5. The lowest BCUT2D eigenvalue weighted by atomic mass is 10.1. The molecule has 2 N–H and O–H groups in total. The Bertz CT molecular complexity index is 600. The normalized spacial score (nSPS) is 11.4. The molecule has 0 radical (unpaired) electrons. The molecule has 0 aliphatic heterocycles. The van der Waals surface area contributed by atoms with E-state index in [-0.39, 0.29) is 24.3 Å². The Morgan fingerprint density at radius 1 is 1.35 bits per heavy atom. The Labute approximate surface area is 116 Å². The number of carbonyl (C=O) groups excluding carboxylic acids is 1. The molecule has 8 heteroatoms. The summed E-state index contributed by atoms with van der Waals surface area (Å²) < 4.78 is 46.0. The van der Waals surface area contributed by atoms with Gasteiger partial charge >= 0.3 is 5.97 Å². The van der Waals surface area contributed by atoms with Gasteiger partial charge in [-0.3, -0.25) is 0 Å². The third-order valence-corrected chi connectivity index (χ3v) is 3.34. The highest BCUT2D eigenvalue weighted by molar-refractivity contribution is 7.89. The lowest BCUT2D eigenvalue weighted by Crippen LogP contribution is -2.17. The summed E-state index contributed by atoms with van der Waals surface area (Å²) in [7, 11) is -4.25. The molecule has 0 saturated heterocycles. The summed E-state index contributed by atoms with van der Waals surface area (Å²) >= 11 is 0. The molecule has 0 unspecified atom stereocenters. The summed E-state index contributed by atoms with van der Waals surface area (Å²) in [5, 5.41) is 4.90. The Hall–Kier alpha value is -1.51. The number of benzene rings is 1. The Balaban J connectivity index is 2.97. The zero-order valence-corrected chi connectivity index (χ0v) is 12.0.